The Bertz CT molecular complexity index is 837. The van der Waals surface area contributed by atoms with Gasteiger partial charge in [-0.25, -0.2) is 9.59 Å². The molecule has 0 radical (unpaired) electrons. The van der Waals surface area contributed by atoms with Crippen molar-refractivity contribution >= 4 is 23.9 Å². The van der Waals surface area contributed by atoms with Crippen molar-refractivity contribution in [1.29, 1.82) is 0 Å². The number of allylic oxidation sites excluding steroid dienone is 1. The fourth-order valence-electron chi connectivity index (χ4n) is 4.70. The normalized spacial score (nSPS) is 32.4. The largest absolute Gasteiger partial charge is 0.467 e. The lowest BCUT2D eigenvalue weighted by Crippen LogP contribution is -2.56. The molecule has 34 heavy (non-hydrogen) atoms. The number of amides is 3. The first-order chi connectivity index (χ1) is 16.0. The van der Waals surface area contributed by atoms with Gasteiger partial charge >= 0.3 is 12.1 Å². The van der Waals surface area contributed by atoms with Crippen LogP contribution < -0.4 is 10.6 Å². The van der Waals surface area contributed by atoms with Crippen LogP contribution in [0.1, 0.15) is 65.7 Å². The smallest absolute Gasteiger partial charge is 0.408 e. The van der Waals surface area contributed by atoms with Crippen molar-refractivity contribution < 1.29 is 33.8 Å². The molecule has 190 valence electrons. The van der Waals surface area contributed by atoms with E-state index in [2.05, 4.69) is 10.6 Å². The molecule has 2 aliphatic heterocycles. The molecule has 2 heterocycles. The molecule has 3 rings (SSSR count). The third-order valence-corrected chi connectivity index (χ3v) is 6.50. The van der Waals surface area contributed by atoms with Crippen LogP contribution >= 0.6 is 0 Å². The highest BCUT2D eigenvalue weighted by Gasteiger charge is 2.62. The Labute approximate surface area is 200 Å². The van der Waals surface area contributed by atoms with E-state index in [4.69, 9.17) is 9.47 Å². The highest BCUT2D eigenvalue weighted by molar-refractivity contribution is 5.96. The van der Waals surface area contributed by atoms with Crippen LogP contribution in [0.15, 0.2) is 12.2 Å². The van der Waals surface area contributed by atoms with E-state index >= 15 is 0 Å². The molecule has 10 heteroatoms. The SMILES string of the molecule is COC(=O)[C@@]12C[C@H]1C=CCCCCC[C@H](NC(=O)OC(C)(C)C)C(=O)N1C[C@@H](O)C[C@H]1C(=O)N2. The Balaban J connectivity index is 1.84. The third kappa shape index (κ3) is 6.08. The number of fused-ring (bicyclic) bond motifs is 2. The Kier molecular flexibility index (Phi) is 7.90. The summed E-state index contributed by atoms with van der Waals surface area (Å²) in [6.45, 7) is 5.17. The summed E-state index contributed by atoms with van der Waals surface area (Å²) < 4.78 is 10.3. The number of ether oxygens (including phenoxy) is 2. The molecule has 0 bridgehead atoms. The lowest BCUT2D eigenvalue weighted by atomic mass is 10.0. The summed E-state index contributed by atoms with van der Waals surface area (Å²) in [5, 5.41) is 15.7. The Hall–Kier alpha value is -2.62. The van der Waals surface area contributed by atoms with Gasteiger partial charge in [0.1, 0.15) is 23.2 Å². The first kappa shape index (κ1) is 26.0. The van der Waals surface area contributed by atoms with Crippen LogP contribution in [-0.2, 0) is 23.9 Å². The van der Waals surface area contributed by atoms with E-state index in [0.717, 1.165) is 19.3 Å². The Morgan fingerprint density at radius 1 is 1.24 bits per heavy atom. The number of aliphatic hydroxyl groups excluding tert-OH is 1. The fourth-order valence-corrected chi connectivity index (χ4v) is 4.70. The summed E-state index contributed by atoms with van der Waals surface area (Å²) in [5.41, 5.74) is -1.88. The second kappa shape index (κ2) is 10.3. The summed E-state index contributed by atoms with van der Waals surface area (Å²) in [5.74, 6) is -1.67. The molecule has 0 aromatic carbocycles. The Morgan fingerprint density at radius 2 is 1.97 bits per heavy atom. The summed E-state index contributed by atoms with van der Waals surface area (Å²) in [7, 11) is 1.28. The molecule has 3 N–H and O–H groups in total. The molecule has 0 aromatic rings. The minimum Gasteiger partial charge on any atom is -0.467 e. The average Bonchev–Trinajstić information content (AvgIpc) is 3.29. The lowest BCUT2D eigenvalue weighted by molar-refractivity contribution is -0.148. The predicted molar refractivity (Wildman–Crippen MR) is 123 cm³/mol. The molecule has 0 unspecified atom stereocenters. The molecule has 1 saturated carbocycles. The zero-order valence-corrected chi connectivity index (χ0v) is 20.5. The summed E-state index contributed by atoms with van der Waals surface area (Å²) in [6, 6.07) is -1.85. The second-order valence-electron chi connectivity index (χ2n) is 10.4. The van der Waals surface area contributed by atoms with Crippen LogP contribution in [-0.4, -0.2) is 76.9 Å². The van der Waals surface area contributed by atoms with Crippen LogP contribution in [0.2, 0.25) is 0 Å². The molecule has 5 atom stereocenters. The minimum atomic E-state index is -1.15. The number of carbonyl (C=O) groups is 4. The highest BCUT2D eigenvalue weighted by atomic mass is 16.6. The third-order valence-electron chi connectivity index (χ3n) is 6.50. The van der Waals surface area contributed by atoms with Crippen LogP contribution in [0.5, 0.6) is 0 Å². The van der Waals surface area contributed by atoms with E-state index in [-0.39, 0.29) is 18.9 Å². The average molecular weight is 480 g/mol. The number of esters is 1. The molecule has 0 aromatic heterocycles. The van der Waals surface area contributed by atoms with Crippen molar-refractivity contribution in [2.75, 3.05) is 13.7 Å². The molecule has 0 spiro atoms. The summed E-state index contributed by atoms with van der Waals surface area (Å²) >= 11 is 0. The lowest BCUT2D eigenvalue weighted by Gasteiger charge is -2.30. The first-order valence-electron chi connectivity index (χ1n) is 12.0. The van der Waals surface area contributed by atoms with E-state index in [1.165, 1.54) is 12.0 Å². The number of alkyl carbamates (subject to hydrolysis) is 1. The quantitative estimate of drug-likeness (QED) is 0.403. The van der Waals surface area contributed by atoms with Gasteiger partial charge in [0.25, 0.3) is 0 Å². The summed E-state index contributed by atoms with van der Waals surface area (Å²) in [6.07, 6.45) is 6.45. The number of aliphatic hydroxyl groups is 1. The molecule has 10 nitrogen and oxygen atoms in total. The van der Waals surface area contributed by atoms with Crippen LogP contribution in [0.3, 0.4) is 0 Å². The standard InChI is InChI=1S/C24H37N3O7/c1-23(2,3)34-22(32)25-17-11-9-7-5-6-8-10-15-13-24(15,21(31)33-4)26-19(29)18-12-16(28)14-27(18)20(17)30/h8,10,15-18,28H,5-7,9,11-14H2,1-4H3,(H,25,32)(H,26,29)/t15-,16+,17+,18+,24-/m1/s1. The fraction of sp³-hybridized carbons (Fsp3) is 0.750. The number of nitrogens with one attached hydrogen (secondary N) is 2. The molecule has 3 aliphatic rings. The highest BCUT2D eigenvalue weighted by Crippen LogP contribution is 2.46. The number of rotatable bonds is 2. The van der Waals surface area contributed by atoms with Gasteiger partial charge in [0.05, 0.1) is 13.2 Å². The summed E-state index contributed by atoms with van der Waals surface area (Å²) in [4.78, 5) is 53.0. The van der Waals surface area contributed by atoms with Gasteiger partial charge in [0.2, 0.25) is 11.8 Å². The maximum atomic E-state index is 13.5. The van der Waals surface area contributed by atoms with E-state index in [1.54, 1.807) is 20.8 Å². The van der Waals surface area contributed by atoms with Gasteiger partial charge in [-0.2, -0.15) is 0 Å². The molecule has 2 fully saturated rings. The van der Waals surface area contributed by atoms with Gasteiger partial charge in [-0.1, -0.05) is 25.0 Å². The number of hydrogen-bond acceptors (Lipinski definition) is 7. The van der Waals surface area contributed by atoms with Crippen molar-refractivity contribution in [3.8, 4) is 0 Å². The van der Waals surface area contributed by atoms with E-state index < -0.39 is 53.2 Å². The molecular weight excluding hydrogens is 442 g/mol. The molecule has 1 saturated heterocycles. The zero-order valence-electron chi connectivity index (χ0n) is 20.5. The van der Waals surface area contributed by atoms with Gasteiger partial charge < -0.3 is 30.1 Å². The van der Waals surface area contributed by atoms with Crippen molar-refractivity contribution in [3.63, 3.8) is 0 Å². The maximum Gasteiger partial charge on any atom is 0.408 e. The van der Waals surface area contributed by atoms with Crippen LogP contribution in [0.4, 0.5) is 4.79 Å². The van der Waals surface area contributed by atoms with Gasteiger partial charge in [-0.15, -0.1) is 0 Å². The van der Waals surface area contributed by atoms with Crippen LogP contribution in [0, 0.1) is 5.92 Å². The van der Waals surface area contributed by atoms with Crippen molar-refractivity contribution in [1.82, 2.24) is 15.5 Å². The van der Waals surface area contributed by atoms with Gasteiger partial charge in [-0.05, 0) is 46.5 Å². The second-order valence-corrected chi connectivity index (χ2v) is 10.4. The van der Waals surface area contributed by atoms with E-state index in [9.17, 15) is 24.3 Å². The number of hydrogen-bond donors (Lipinski definition) is 3. The zero-order chi connectivity index (χ0) is 25.1. The van der Waals surface area contributed by atoms with E-state index in [0.29, 0.717) is 19.3 Å². The van der Waals surface area contributed by atoms with E-state index in [1.807, 2.05) is 12.2 Å². The van der Waals surface area contributed by atoms with Gasteiger partial charge in [0.15, 0.2) is 0 Å². The topological polar surface area (TPSA) is 134 Å². The monoisotopic (exact) mass is 479 g/mol. The molecular formula is C24H37N3O7. The number of methoxy groups -OCH3 is 1. The maximum absolute atomic E-state index is 13.5. The molecule has 3 amide bonds. The minimum absolute atomic E-state index is 0.0298. The predicted octanol–water partition coefficient (Wildman–Crippen LogP) is 1.41. The van der Waals surface area contributed by atoms with Crippen molar-refractivity contribution in [2.45, 2.75) is 95.0 Å². The van der Waals surface area contributed by atoms with Crippen molar-refractivity contribution in [3.05, 3.63) is 12.2 Å². The number of nitrogens with zero attached hydrogens (tertiary/aromatic N) is 1. The number of carbonyl (C=O) groups excluding carboxylic acids is 4. The van der Waals surface area contributed by atoms with Gasteiger partial charge in [-0.3, -0.25) is 9.59 Å². The molecule has 1 aliphatic carbocycles. The first-order valence-corrected chi connectivity index (χ1v) is 12.0. The van der Waals surface area contributed by atoms with Crippen LogP contribution in [0.25, 0.3) is 0 Å². The van der Waals surface area contributed by atoms with Crippen molar-refractivity contribution in [2.24, 2.45) is 5.92 Å². The Morgan fingerprint density at radius 3 is 2.65 bits per heavy atom. The van der Waals surface area contributed by atoms with Gasteiger partial charge in [0, 0.05) is 18.9 Å².